The molecule has 0 bridgehead atoms. The van der Waals surface area contributed by atoms with Gasteiger partial charge in [-0.1, -0.05) is 58.0 Å². The number of benzene rings is 1. The average molecular weight is 152 g/mol. The van der Waals surface area contributed by atoms with Gasteiger partial charge < -0.3 is 0 Å². The average Bonchev–Trinajstić information content (AvgIpc) is 2.09. The molecule has 0 aliphatic carbocycles. The minimum absolute atomic E-state index is 0.570. The van der Waals surface area contributed by atoms with E-state index >= 15 is 0 Å². The summed E-state index contributed by atoms with van der Waals surface area (Å²) in [6.45, 7) is 8.30. The van der Waals surface area contributed by atoms with Gasteiger partial charge in [-0.25, -0.2) is 0 Å². The summed E-state index contributed by atoms with van der Waals surface area (Å²) in [5.41, 5.74) is 1.30. The minimum atomic E-state index is 0.570. The second-order valence-corrected chi connectivity index (χ2v) is 2.49. The molecule has 0 fully saturated rings. The summed E-state index contributed by atoms with van der Waals surface area (Å²) in [5, 5.41) is 0. The van der Waals surface area contributed by atoms with Gasteiger partial charge in [0.1, 0.15) is 0 Å². The van der Waals surface area contributed by atoms with Crippen LogP contribution in [-0.2, 0) is 0 Å². The van der Waals surface area contributed by atoms with E-state index in [4.69, 9.17) is 1.37 Å². The first-order valence-electron chi connectivity index (χ1n) is 4.76. The topological polar surface area (TPSA) is 0 Å². The minimum Gasteiger partial charge on any atom is -0.0683 e. The van der Waals surface area contributed by atoms with Gasteiger partial charge in [-0.3, -0.25) is 0 Å². The Morgan fingerprint density at radius 2 is 1.64 bits per heavy atom. The van der Waals surface area contributed by atoms with E-state index in [1.807, 2.05) is 38.1 Å². The summed E-state index contributed by atoms with van der Waals surface area (Å²) in [6, 6.07) is 8.26. The molecule has 1 aromatic rings. The number of hydrogen-bond acceptors (Lipinski definition) is 0. The van der Waals surface area contributed by atoms with Crippen LogP contribution < -0.4 is 0 Å². The van der Waals surface area contributed by atoms with Gasteiger partial charge in [0, 0.05) is 0 Å². The van der Waals surface area contributed by atoms with E-state index in [0.717, 1.165) is 0 Å². The molecule has 11 heavy (non-hydrogen) atoms. The molecular weight excluding hydrogens is 132 g/mol. The van der Waals surface area contributed by atoms with Crippen LogP contribution in [0.15, 0.2) is 30.3 Å². The quantitative estimate of drug-likeness (QED) is 0.573. The zero-order chi connectivity index (χ0) is 9.56. The summed E-state index contributed by atoms with van der Waals surface area (Å²) < 4.78 is 7.23. The van der Waals surface area contributed by atoms with Crippen LogP contribution in [0.3, 0.4) is 0 Å². The van der Waals surface area contributed by atoms with E-state index in [-0.39, 0.29) is 0 Å². The highest BCUT2D eigenvalue weighted by Gasteiger charge is 1.93. The van der Waals surface area contributed by atoms with E-state index in [0.29, 0.717) is 12.0 Å². The Morgan fingerprint density at radius 3 is 2.00 bits per heavy atom. The highest BCUT2D eigenvalue weighted by Crippen LogP contribution is 2.11. The Kier molecular flexibility index (Phi) is 4.51. The van der Waals surface area contributed by atoms with E-state index in [2.05, 4.69) is 13.8 Å². The predicted octanol–water partition coefficient (Wildman–Crippen LogP) is 3.84. The molecule has 0 saturated carbocycles. The highest BCUT2D eigenvalue weighted by atomic mass is 14.0. The Morgan fingerprint density at radius 1 is 1.18 bits per heavy atom. The summed E-state index contributed by atoms with van der Waals surface area (Å²) >= 11 is 0. The van der Waals surface area contributed by atoms with Crippen molar-refractivity contribution >= 4 is 0 Å². The van der Waals surface area contributed by atoms with Crippen LogP contribution >= 0.6 is 0 Å². The fraction of sp³-hybridized carbons (Fsp3) is 0.455. The molecule has 0 heteroatoms. The molecule has 1 aromatic carbocycles. The SMILES string of the molecule is CC.[3H]c1ccc(C(C)C)cc1. The van der Waals surface area contributed by atoms with Gasteiger partial charge in [-0.2, -0.15) is 0 Å². The van der Waals surface area contributed by atoms with E-state index < -0.39 is 0 Å². The summed E-state index contributed by atoms with van der Waals surface area (Å²) in [5.74, 6) is 0.570. The zero-order valence-corrected chi connectivity index (χ0v) is 7.89. The molecule has 0 spiro atoms. The van der Waals surface area contributed by atoms with E-state index in [1.165, 1.54) is 5.56 Å². The van der Waals surface area contributed by atoms with Gasteiger partial charge in [0.2, 0.25) is 0 Å². The molecular formula is C11H18. The second-order valence-electron chi connectivity index (χ2n) is 2.49. The molecule has 0 heterocycles. The lowest BCUT2D eigenvalue weighted by atomic mass is 10.0. The maximum absolute atomic E-state index is 7.23. The van der Waals surface area contributed by atoms with Crippen LogP contribution in [0.5, 0.6) is 0 Å². The Labute approximate surface area is 71.7 Å². The van der Waals surface area contributed by atoms with Crippen molar-refractivity contribution in [2.45, 2.75) is 33.6 Å². The molecule has 0 N–H and O–H groups in total. The third kappa shape index (κ3) is 3.82. The smallest absolute Gasteiger partial charge is 0.0623 e. The molecule has 0 radical (unpaired) electrons. The van der Waals surface area contributed by atoms with Gasteiger partial charge in [-0.15, -0.1) is 0 Å². The molecule has 0 aliphatic heterocycles. The summed E-state index contributed by atoms with van der Waals surface area (Å²) in [7, 11) is 0. The Hall–Kier alpha value is -0.780. The lowest BCUT2D eigenvalue weighted by Gasteiger charge is -2.01. The number of hydrogen-bond donors (Lipinski definition) is 0. The Balaban J connectivity index is 0.000000561. The highest BCUT2D eigenvalue weighted by molar-refractivity contribution is 5.17. The number of rotatable bonds is 1. The van der Waals surface area contributed by atoms with Crippen LogP contribution in [0, 0.1) is 0 Å². The predicted molar refractivity (Wildman–Crippen MR) is 51.9 cm³/mol. The van der Waals surface area contributed by atoms with Crippen molar-refractivity contribution in [1.29, 1.82) is 0 Å². The summed E-state index contributed by atoms with van der Waals surface area (Å²) in [6.07, 6.45) is 0. The molecule has 0 saturated heterocycles. The van der Waals surface area contributed by atoms with Gasteiger partial charge in [-0.05, 0) is 11.5 Å². The van der Waals surface area contributed by atoms with Crippen LogP contribution in [-0.4, -0.2) is 0 Å². The molecule has 0 unspecified atom stereocenters. The first-order valence-corrected chi connectivity index (χ1v) is 4.26. The fourth-order valence-electron chi connectivity index (χ4n) is 0.785. The molecule has 0 aromatic heterocycles. The van der Waals surface area contributed by atoms with Crippen molar-refractivity contribution in [3.8, 4) is 0 Å². The van der Waals surface area contributed by atoms with Gasteiger partial charge >= 0.3 is 0 Å². The standard InChI is InChI=1S/C9H12.C2H6/c1-8(2)9-6-4-3-5-7-9;1-2/h3-8H,1-2H3;1-2H3/i3T;. The van der Waals surface area contributed by atoms with E-state index in [9.17, 15) is 0 Å². The molecule has 0 aliphatic rings. The third-order valence-electron chi connectivity index (χ3n) is 1.41. The third-order valence-corrected chi connectivity index (χ3v) is 1.41. The van der Waals surface area contributed by atoms with Crippen molar-refractivity contribution in [2.75, 3.05) is 0 Å². The van der Waals surface area contributed by atoms with Crippen LogP contribution in [0.4, 0.5) is 0 Å². The van der Waals surface area contributed by atoms with E-state index in [1.54, 1.807) is 0 Å². The molecule has 1 rings (SSSR count). The zero-order valence-electron chi connectivity index (χ0n) is 8.89. The van der Waals surface area contributed by atoms with Gasteiger partial charge in [0.25, 0.3) is 0 Å². The molecule has 0 nitrogen and oxygen atoms in total. The first kappa shape index (κ1) is 8.32. The Bertz CT molecular complexity index is 199. The lowest BCUT2D eigenvalue weighted by Crippen LogP contribution is -1.83. The fourth-order valence-corrected chi connectivity index (χ4v) is 0.785. The van der Waals surface area contributed by atoms with Gasteiger partial charge in [0.15, 0.2) is 0 Å². The first-order chi connectivity index (χ1) is 5.70. The second kappa shape index (κ2) is 5.96. The van der Waals surface area contributed by atoms with Crippen molar-refractivity contribution in [2.24, 2.45) is 0 Å². The van der Waals surface area contributed by atoms with Crippen LogP contribution in [0.2, 0.25) is 0 Å². The monoisotopic (exact) mass is 152 g/mol. The van der Waals surface area contributed by atoms with Gasteiger partial charge in [0.05, 0.1) is 1.37 Å². The van der Waals surface area contributed by atoms with Crippen molar-refractivity contribution < 1.29 is 1.37 Å². The maximum atomic E-state index is 7.23. The van der Waals surface area contributed by atoms with Crippen LogP contribution in [0.25, 0.3) is 0 Å². The molecule has 0 atom stereocenters. The van der Waals surface area contributed by atoms with Crippen molar-refractivity contribution in [1.82, 2.24) is 0 Å². The summed E-state index contributed by atoms with van der Waals surface area (Å²) in [4.78, 5) is 0. The lowest BCUT2D eigenvalue weighted by molar-refractivity contribution is 0.867. The van der Waals surface area contributed by atoms with Crippen molar-refractivity contribution in [3.63, 3.8) is 0 Å². The normalized spacial score (nSPS) is 10.1. The molecule has 0 amide bonds. The molecule has 62 valence electrons. The largest absolute Gasteiger partial charge is 0.0683 e. The maximum Gasteiger partial charge on any atom is 0.0623 e. The van der Waals surface area contributed by atoms with Crippen LogP contribution in [0.1, 0.15) is 40.5 Å². The van der Waals surface area contributed by atoms with Crippen molar-refractivity contribution in [3.05, 3.63) is 35.9 Å².